The molecule has 132 valence electrons. The third kappa shape index (κ3) is 2.53. The number of aryl methyl sites for hydroxylation is 1. The fourth-order valence-corrected chi connectivity index (χ4v) is 3.60. The molecule has 0 saturated carbocycles. The van der Waals surface area contributed by atoms with Crippen molar-refractivity contribution in [3.8, 4) is 0 Å². The van der Waals surface area contributed by atoms with Crippen LogP contribution in [0.15, 0.2) is 57.7 Å². The number of nitrogens with zero attached hydrogens (tertiary/aromatic N) is 1. The molecule has 0 spiro atoms. The highest BCUT2D eigenvalue weighted by Crippen LogP contribution is 2.38. The number of unbranched alkanes of at least 4 members (excludes halogenated alkanes) is 1. The quantitative estimate of drug-likeness (QED) is 0.701. The molecule has 26 heavy (non-hydrogen) atoms. The largest absolute Gasteiger partial charge is 0.457 e. The van der Waals surface area contributed by atoms with Crippen molar-refractivity contribution in [2.24, 2.45) is 0 Å². The molecule has 0 radical (unpaired) electrons. The second-order valence-corrected chi connectivity index (χ2v) is 6.83. The van der Waals surface area contributed by atoms with Gasteiger partial charge in [-0.25, -0.2) is 0 Å². The molecule has 4 rings (SSSR count). The van der Waals surface area contributed by atoms with Crippen LogP contribution in [-0.4, -0.2) is 17.4 Å². The van der Waals surface area contributed by atoms with E-state index in [0.717, 1.165) is 24.0 Å². The number of hydrogen-bond donors (Lipinski definition) is 0. The van der Waals surface area contributed by atoms with Gasteiger partial charge in [-0.15, -0.1) is 0 Å². The Morgan fingerprint density at radius 2 is 1.77 bits per heavy atom. The lowest BCUT2D eigenvalue weighted by atomic mass is 10.0. The van der Waals surface area contributed by atoms with Gasteiger partial charge in [-0.3, -0.25) is 9.59 Å². The van der Waals surface area contributed by atoms with E-state index in [-0.39, 0.29) is 22.9 Å². The number of hydrogen-bond acceptors (Lipinski definition) is 3. The van der Waals surface area contributed by atoms with Crippen molar-refractivity contribution in [2.75, 3.05) is 6.54 Å². The van der Waals surface area contributed by atoms with Gasteiger partial charge in [0.2, 0.25) is 5.43 Å². The molecule has 4 nitrogen and oxygen atoms in total. The maximum Gasteiger partial charge on any atom is 0.262 e. The number of fused-ring (bicyclic) bond motifs is 2. The molecule has 1 aromatic heterocycles. The standard InChI is InChI=1S/C22H21NO3/c1-3-4-13-23-19(15-11-9-14(2)10-12-15)21-18(22(23)25)20(24)16-7-5-6-8-17(16)26-21/h5-12,19H,3-4,13H2,1-2H3. The molecule has 1 amide bonds. The number of carbonyl (C=O) groups excluding carboxylic acids is 1. The monoisotopic (exact) mass is 347 g/mol. The molecule has 2 heterocycles. The van der Waals surface area contributed by atoms with Crippen LogP contribution in [0.2, 0.25) is 0 Å². The molecule has 1 aliphatic rings. The van der Waals surface area contributed by atoms with Gasteiger partial charge in [0, 0.05) is 6.54 Å². The fourth-order valence-electron chi connectivity index (χ4n) is 3.60. The van der Waals surface area contributed by atoms with Crippen molar-refractivity contribution in [1.82, 2.24) is 4.90 Å². The van der Waals surface area contributed by atoms with Crippen LogP contribution in [-0.2, 0) is 0 Å². The van der Waals surface area contributed by atoms with E-state index in [9.17, 15) is 9.59 Å². The van der Waals surface area contributed by atoms with E-state index >= 15 is 0 Å². The number of amides is 1. The van der Waals surface area contributed by atoms with Crippen LogP contribution in [0.1, 0.15) is 53.1 Å². The summed E-state index contributed by atoms with van der Waals surface area (Å²) in [6.07, 6.45) is 1.86. The van der Waals surface area contributed by atoms with E-state index in [1.165, 1.54) is 0 Å². The average Bonchev–Trinajstić information content (AvgIpc) is 2.93. The van der Waals surface area contributed by atoms with Gasteiger partial charge < -0.3 is 9.32 Å². The summed E-state index contributed by atoms with van der Waals surface area (Å²) in [5.41, 5.74) is 2.60. The van der Waals surface area contributed by atoms with Crippen LogP contribution in [0.3, 0.4) is 0 Å². The Morgan fingerprint density at radius 3 is 2.50 bits per heavy atom. The number of carbonyl (C=O) groups is 1. The van der Waals surface area contributed by atoms with Crippen molar-refractivity contribution in [1.29, 1.82) is 0 Å². The molecule has 2 aromatic carbocycles. The van der Waals surface area contributed by atoms with E-state index in [0.29, 0.717) is 23.3 Å². The Kier molecular flexibility index (Phi) is 4.11. The maximum atomic E-state index is 13.1. The van der Waals surface area contributed by atoms with E-state index in [2.05, 4.69) is 6.92 Å². The molecule has 0 N–H and O–H groups in total. The smallest absolute Gasteiger partial charge is 0.262 e. The minimum atomic E-state index is -0.345. The van der Waals surface area contributed by atoms with E-state index in [4.69, 9.17) is 4.42 Å². The first-order chi connectivity index (χ1) is 12.6. The Hall–Kier alpha value is -2.88. The molecule has 1 atom stereocenters. The topological polar surface area (TPSA) is 50.5 Å². The summed E-state index contributed by atoms with van der Waals surface area (Å²) in [6.45, 7) is 4.72. The van der Waals surface area contributed by atoms with Crippen molar-refractivity contribution >= 4 is 16.9 Å². The lowest BCUT2D eigenvalue weighted by Gasteiger charge is -2.24. The number of para-hydroxylation sites is 1. The zero-order chi connectivity index (χ0) is 18.3. The Bertz CT molecular complexity index is 1030. The van der Waals surface area contributed by atoms with Crippen LogP contribution < -0.4 is 5.43 Å². The first-order valence-corrected chi connectivity index (χ1v) is 9.05. The van der Waals surface area contributed by atoms with Gasteiger partial charge in [0.25, 0.3) is 5.91 Å². The van der Waals surface area contributed by atoms with E-state index in [1.807, 2.05) is 37.3 Å². The Morgan fingerprint density at radius 1 is 1.04 bits per heavy atom. The molecule has 4 heteroatoms. The summed E-state index contributed by atoms with van der Waals surface area (Å²) in [4.78, 5) is 27.8. The first kappa shape index (κ1) is 16.6. The summed E-state index contributed by atoms with van der Waals surface area (Å²) >= 11 is 0. The summed E-state index contributed by atoms with van der Waals surface area (Å²) in [6, 6.07) is 14.8. The van der Waals surface area contributed by atoms with Crippen LogP contribution in [0.5, 0.6) is 0 Å². The second-order valence-electron chi connectivity index (χ2n) is 6.83. The van der Waals surface area contributed by atoms with Crippen molar-refractivity contribution in [3.63, 3.8) is 0 Å². The van der Waals surface area contributed by atoms with Gasteiger partial charge in [-0.05, 0) is 31.0 Å². The van der Waals surface area contributed by atoms with Crippen LogP contribution in [0, 0.1) is 6.92 Å². The molecular formula is C22H21NO3. The molecule has 0 aliphatic carbocycles. The number of benzene rings is 2. The van der Waals surface area contributed by atoms with Gasteiger partial charge in [0.1, 0.15) is 22.9 Å². The summed E-state index contributed by atoms with van der Waals surface area (Å²) in [7, 11) is 0. The van der Waals surface area contributed by atoms with Gasteiger partial charge in [-0.2, -0.15) is 0 Å². The summed E-state index contributed by atoms with van der Waals surface area (Å²) in [5, 5.41) is 0.458. The Balaban J connectivity index is 1.95. The second kappa shape index (κ2) is 6.45. The summed E-state index contributed by atoms with van der Waals surface area (Å²) < 4.78 is 6.10. The zero-order valence-corrected chi connectivity index (χ0v) is 15.0. The third-order valence-corrected chi connectivity index (χ3v) is 5.01. The molecule has 1 aliphatic heterocycles. The molecule has 3 aromatic rings. The first-order valence-electron chi connectivity index (χ1n) is 9.05. The minimum absolute atomic E-state index is 0.186. The predicted octanol–water partition coefficient (Wildman–Crippen LogP) is 4.45. The highest BCUT2D eigenvalue weighted by Gasteiger charge is 2.42. The van der Waals surface area contributed by atoms with E-state index < -0.39 is 0 Å². The maximum absolute atomic E-state index is 13.1. The molecule has 0 bridgehead atoms. The molecule has 0 fully saturated rings. The number of rotatable bonds is 4. The van der Waals surface area contributed by atoms with Crippen LogP contribution >= 0.6 is 0 Å². The third-order valence-electron chi connectivity index (χ3n) is 5.01. The zero-order valence-electron chi connectivity index (χ0n) is 15.0. The van der Waals surface area contributed by atoms with Gasteiger partial charge >= 0.3 is 0 Å². The average molecular weight is 347 g/mol. The SMILES string of the molecule is CCCCN1C(=O)c2c(oc3ccccc3c2=O)C1c1ccc(C)cc1. The molecule has 0 saturated heterocycles. The van der Waals surface area contributed by atoms with E-state index in [1.54, 1.807) is 23.1 Å². The van der Waals surface area contributed by atoms with Gasteiger partial charge in [0.05, 0.1) is 5.39 Å². The predicted molar refractivity (Wildman–Crippen MR) is 101 cm³/mol. The Labute approximate surface area is 152 Å². The van der Waals surface area contributed by atoms with Crippen LogP contribution in [0.4, 0.5) is 0 Å². The lowest BCUT2D eigenvalue weighted by molar-refractivity contribution is 0.0742. The van der Waals surface area contributed by atoms with Crippen molar-refractivity contribution < 1.29 is 9.21 Å². The normalized spacial score (nSPS) is 16.3. The van der Waals surface area contributed by atoms with Crippen molar-refractivity contribution in [3.05, 3.63) is 81.2 Å². The molecule has 1 unspecified atom stereocenters. The fraction of sp³-hybridized carbons (Fsp3) is 0.273. The van der Waals surface area contributed by atoms with Gasteiger partial charge in [-0.1, -0.05) is 55.3 Å². The highest BCUT2D eigenvalue weighted by molar-refractivity contribution is 6.01. The molecular weight excluding hydrogens is 326 g/mol. The summed E-state index contributed by atoms with van der Waals surface area (Å²) in [5.74, 6) is 0.247. The van der Waals surface area contributed by atoms with Gasteiger partial charge in [0.15, 0.2) is 0 Å². The van der Waals surface area contributed by atoms with Crippen LogP contribution in [0.25, 0.3) is 11.0 Å². The lowest BCUT2D eigenvalue weighted by Crippen LogP contribution is -2.30. The minimum Gasteiger partial charge on any atom is -0.457 e. The highest BCUT2D eigenvalue weighted by atomic mass is 16.3. The van der Waals surface area contributed by atoms with Crippen molar-refractivity contribution in [2.45, 2.75) is 32.7 Å².